The molecule has 0 N–H and O–H groups in total. The Hall–Kier alpha value is -6.18. The zero-order valence-electron chi connectivity index (χ0n) is 25.4. The standard InChI is InChI=1S/C46H26O/c1-2-12-31-27(9-1)22-24-42-43(31)40-20-6-15-32(46(40)47-42)30-11-5-10-28(25-30)29-21-23-35-38-18-7-16-36-33-13-3-4-14-34(33)37-17-8-19-39(41(35)26-29)45(37)44(36)38/h1-26H. The van der Waals surface area contributed by atoms with Gasteiger partial charge < -0.3 is 4.42 Å². The Morgan fingerprint density at radius 2 is 0.851 bits per heavy atom. The van der Waals surface area contributed by atoms with Crippen LogP contribution in [0.4, 0.5) is 0 Å². The van der Waals surface area contributed by atoms with Gasteiger partial charge in [0.25, 0.3) is 0 Å². The summed E-state index contributed by atoms with van der Waals surface area (Å²) < 4.78 is 6.59. The molecule has 1 aromatic heterocycles. The second-order valence-corrected chi connectivity index (χ2v) is 12.8. The van der Waals surface area contributed by atoms with Crippen LogP contribution < -0.4 is 0 Å². The molecular formula is C46H26O. The monoisotopic (exact) mass is 594 g/mol. The first-order valence-electron chi connectivity index (χ1n) is 16.3. The molecule has 0 saturated heterocycles. The Balaban J connectivity index is 1.14. The molecule has 10 aromatic carbocycles. The fraction of sp³-hybridized carbons (Fsp3) is 0. The first-order chi connectivity index (χ1) is 23.3. The third-order valence-electron chi connectivity index (χ3n) is 10.4. The molecule has 216 valence electrons. The average molecular weight is 595 g/mol. The van der Waals surface area contributed by atoms with Gasteiger partial charge in [0.1, 0.15) is 11.2 Å². The zero-order valence-corrected chi connectivity index (χ0v) is 25.4. The summed E-state index contributed by atoms with van der Waals surface area (Å²) in [5.41, 5.74) is 6.53. The van der Waals surface area contributed by atoms with Gasteiger partial charge in [-0.2, -0.15) is 0 Å². The predicted octanol–water partition coefficient (Wildman–Crippen LogP) is 13.3. The molecular weight excluding hydrogens is 569 g/mol. The van der Waals surface area contributed by atoms with Crippen LogP contribution in [0.25, 0.3) is 109 Å². The number of benzene rings is 10. The van der Waals surface area contributed by atoms with Crippen molar-refractivity contribution in [2.45, 2.75) is 0 Å². The predicted molar refractivity (Wildman–Crippen MR) is 201 cm³/mol. The summed E-state index contributed by atoms with van der Waals surface area (Å²) in [7, 11) is 0. The molecule has 1 heterocycles. The normalized spacial score (nSPS) is 12.3. The first-order valence-corrected chi connectivity index (χ1v) is 16.3. The Morgan fingerprint density at radius 1 is 0.298 bits per heavy atom. The van der Waals surface area contributed by atoms with E-state index in [1.165, 1.54) is 81.1 Å². The lowest BCUT2D eigenvalue weighted by atomic mass is 9.85. The molecule has 1 heteroatoms. The summed E-state index contributed by atoms with van der Waals surface area (Å²) in [4.78, 5) is 0. The lowest BCUT2D eigenvalue weighted by Crippen LogP contribution is -1.90. The fourth-order valence-corrected chi connectivity index (χ4v) is 8.34. The van der Waals surface area contributed by atoms with Crippen molar-refractivity contribution in [3.63, 3.8) is 0 Å². The first kappa shape index (κ1) is 25.1. The molecule has 0 spiro atoms. The smallest absolute Gasteiger partial charge is 0.143 e. The van der Waals surface area contributed by atoms with Crippen molar-refractivity contribution in [1.29, 1.82) is 0 Å². The van der Waals surface area contributed by atoms with E-state index in [1.807, 2.05) is 0 Å². The van der Waals surface area contributed by atoms with Crippen LogP contribution in [0.3, 0.4) is 0 Å². The van der Waals surface area contributed by atoms with Crippen molar-refractivity contribution in [3.05, 3.63) is 158 Å². The van der Waals surface area contributed by atoms with Gasteiger partial charge in [0.15, 0.2) is 0 Å². The van der Waals surface area contributed by atoms with Crippen molar-refractivity contribution in [3.8, 4) is 22.3 Å². The van der Waals surface area contributed by atoms with Crippen LogP contribution in [0, 0.1) is 0 Å². The maximum Gasteiger partial charge on any atom is 0.143 e. The van der Waals surface area contributed by atoms with Gasteiger partial charge in [0.05, 0.1) is 0 Å². The fourth-order valence-electron chi connectivity index (χ4n) is 8.34. The molecule has 0 aliphatic rings. The molecule has 47 heavy (non-hydrogen) atoms. The Labute approximate surface area is 270 Å². The van der Waals surface area contributed by atoms with Crippen molar-refractivity contribution < 1.29 is 4.42 Å². The SMILES string of the molecule is c1cc(-c2ccc3c(c2)c2cccc4c5ccccc5c5cccc3c5c42)cc(-c2cccc3c2oc2ccc4ccccc4c23)c1. The van der Waals surface area contributed by atoms with E-state index in [-0.39, 0.29) is 0 Å². The van der Waals surface area contributed by atoms with Crippen molar-refractivity contribution >= 4 is 86.6 Å². The largest absolute Gasteiger partial charge is 0.455 e. The second-order valence-electron chi connectivity index (χ2n) is 12.8. The molecule has 0 radical (unpaired) electrons. The maximum absolute atomic E-state index is 6.59. The molecule has 0 amide bonds. The van der Waals surface area contributed by atoms with Gasteiger partial charge in [-0.15, -0.1) is 0 Å². The van der Waals surface area contributed by atoms with E-state index in [9.17, 15) is 0 Å². The van der Waals surface area contributed by atoms with E-state index in [4.69, 9.17) is 4.42 Å². The van der Waals surface area contributed by atoms with E-state index >= 15 is 0 Å². The number of hydrogen-bond acceptors (Lipinski definition) is 1. The lowest BCUT2D eigenvalue weighted by molar-refractivity contribution is 0.670. The highest BCUT2D eigenvalue weighted by Crippen LogP contribution is 2.46. The van der Waals surface area contributed by atoms with Gasteiger partial charge in [-0.3, -0.25) is 0 Å². The van der Waals surface area contributed by atoms with Gasteiger partial charge in [-0.05, 0) is 99.5 Å². The third kappa shape index (κ3) is 3.38. The summed E-state index contributed by atoms with van der Waals surface area (Å²) in [5, 5.41) is 18.0. The number of rotatable bonds is 2. The van der Waals surface area contributed by atoms with Crippen LogP contribution >= 0.6 is 0 Å². The van der Waals surface area contributed by atoms with Crippen LogP contribution in [-0.4, -0.2) is 0 Å². The van der Waals surface area contributed by atoms with Crippen LogP contribution in [-0.2, 0) is 0 Å². The van der Waals surface area contributed by atoms with E-state index in [2.05, 4.69) is 158 Å². The molecule has 0 saturated carbocycles. The van der Waals surface area contributed by atoms with E-state index in [0.717, 1.165) is 27.7 Å². The topological polar surface area (TPSA) is 13.1 Å². The van der Waals surface area contributed by atoms with Gasteiger partial charge in [-0.1, -0.05) is 140 Å². The maximum atomic E-state index is 6.59. The summed E-state index contributed by atoms with van der Waals surface area (Å²) in [6.45, 7) is 0. The Bertz CT molecular complexity index is 3070. The lowest BCUT2D eigenvalue weighted by Gasteiger charge is -2.18. The molecule has 0 aliphatic heterocycles. The molecule has 0 fully saturated rings. The minimum Gasteiger partial charge on any atom is -0.455 e. The van der Waals surface area contributed by atoms with Crippen LogP contribution in [0.1, 0.15) is 0 Å². The van der Waals surface area contributed by atoms with Gasteiger partial charge in [-0.25, -0.2) is 0 Å². The zero-order chi connectivity index (χ0) is 30.6. The number of hydrogen-bond donors (Lipinski definition) is 0. The molecule has 0 aliphatic carbocycles. The van der Waals surface area contributed by atoms with Crippen molar-refractivity contribution in [2.24, 2.45) is 0 Å². The summed E-state index contributed by atoms with van der Waals surface area (Å²) in [5.74, 6) is 0. The average Bonchev–Trinajstić information content (AvgIpc) is 3.54. The highest BCUT2D eigenvalue weighted by molar-refractivity contribution is 6.40. The van der Waals surface area contributed by atoms with Crippen LogP contribution in [0.15, 0.2) is 162 Å². The molecule has 0 unspecified atom stereocenters. The summed E-state index contributed by atoms with van der Waals surface area (Å²) in [6, 6.07) is 57.7. The Kier molecular flexibility index (Phi) is 4.90. The molecule has 0 bridgehead atoms. The van der Waals surface area contributed by atoms with Crippen LogP contribution in [0.5, 0.6) is 0 Å². The van der Waals surface area contributed by atoms with Gasteiger partial charge >= 0.3 is 0 Å². The Morgan fingerprint density at radius 3 is 1.62 bits per heavy atom. The number of fused-ring (bicyclic) bond motifs is 11. The van der Waals surface area contributed by atoms with Crippen molar-refractivity contribution in [2.75, 3.05) is 0 Å². The van der Waals surface area contributed by atoms with Gasteiger partial charge in [0.2, 0.25) is 0 Å². The molecule has 1 nitrogen and oxygen atoms in total. The van der Waals surface area contributed by atoms with Crippen molar-refractivity contribution in [1.82, 2.24) is 0 Å². The third-order valence-corrected chi connectivity index (χ3v) is 10.4. The molecule has 11 rings (SSSR count). The number of para-hydroxylation sites is 1. The minimum absolute atomic E-state index is 0.925. The minimum atomic E-state index is 0.925. The van der Waals surface area contributed by atoms with Gasteiger partial charge in [0, 0.05) is 16.3 Å². The van der Waals surface area contributed by atoms with E-state index in [0.29, 0.717) is 0 Å². The van der Waals surface area contributed by atoms with E-state index in [1.54, 1.807) is 0 Å². The summed E-state index contributed by atoms with van der Waals surface area (Å²) in [6.07, 6.45) is 0. The molecule has 11 aromatic rings. The highest BCUT2D eigenvalue weighted by Gasteiger charge is 2.18. The molecule has 0 atom stereocenters. The quantitative estimate of drug-likeness (QED) is 0.143. The second kappa shape index (κ2) is 9.19. The van der Waals surface area contributed by atoms with Crippen LogP contribution in [0.2, 0.25) is 0 Å². The number of furan rings is 1. The van der Waals surface area contributed by atoms with E-state index < -0.39 is 0 Å². The highest BCUT2D eigenvalue weighted by atomic mass is 16.3. The summed E-state index contributed by atoms with van der Waals surface area (Å²) >= 11 is 0.